The van der Waals surface area contributed by atoms with Crippen LogP contribution in [0.5, 0.6) is 23.0 Å². The third-order valence-corrected chi connectivity index (χ3v) is 6.03. The van der Waals surface area contributed by atoms with Crippen LogP contribution in [0.25, 0.3) is 11.1 Å². The minimum Gasteiger partial charge on any atom is -0.457 e. The molecule has 0 radical (unpaired) electrons. The van der Waals surface area contributed by atoms with Gasteiger partial charge in [-0.05, 0) is 70.6 Å². The van der Waals surface area contributed by atoms with E-state index in [0.29, 0.717) is 0 Å². The molecule has 3 heteroatoms. The Labute approximate surface area is 214 Å². The van der Waals surface area contributed by atoms with Crippen LogP contribution in [0.1, 0.15) is 57.5 Å². The van der Waals surface area contributed by atoms with Crippen molar-refractivity contribution in [3.63, 3.8) is 0 Å². The van der Waals surface area contributed by atoms with Crippen molar-refractivity contribution in [3.05, 3.63) is 108 Å². The van der Waals surface area contributed by atoms with Crippen molar-refractivity contribution in [1.29, 1.82) is 0 Å². The molecule has 4 aromatic rings. The van der Waals surface area contributed by atoms with Crippen LogP contribution in [0.2, 0.25) is 0 Å². The number of carbonyl (C=O) groups is 1. The minimum absolute atomic E-state index is 0.118. The predicted octanol–water partition coefficient (Wildman–Crippen LogP) is 9.46. The summed E-state index contributed by atoms with van der Waals surface area (Å²) in [5.41, 5.74) is 3.87. The maximum Gasteiger partial charge on any atom is 0.168 e. The maximum absolute atomic E-state index is 12.5. The van der Waals surface area contributed by atoms with Gasteiger partial charge >= 0.3 is 0 Å². The molecule has 184 valence electrons. The fraction of sp³-hybridized carbons (Fsp3) is 0.242. The van der Waals surface area contributed by atoms with Gasteiger partial charge in [0.05, 0.1) is 0 Å². The van der Waals surface area contributed by atoms with Gasteiger partial charge in [0, 0.05) is 11.0 Å². The van der Waals surface area contributed by atoms with Gasteiger partial charge in [-0.1, -0.05) is 90.1 Å². The number of hydrogen-bond donors (Lipinski definition) is 0. The molecule has 3 nitrogen and oxygen atoms in total. The Balaban J connectivity index is 1.37. The second kappa shape index (κ2) is 10.0. The van der Waals surface area contributed by atoms with Gasteiger partial charge in [0.1, 0.15) is 23.0 Å². The number of Topliss-reactive ketones (excluding diaryl/α,β-unsaturated/α-hetero) is 1. The quantitative estimate of drug-likeness (QED) is 0.259. The van der Waals surface area contributed by atoms with Crippen molar-refractivity contribution in [2.24, 2.45) is 5.41 Å². The van der Waals surface area contributed by atoms with Gasteiger partial charge in [-0.15, -0.1) is 0 Å². The normalized spacial score (nSPS) is 11.7. The van der Waals surface area contributed by atoms with Crippen LogP contribution in [0.4, 0.5) is 0 Å². The second-order valence-corrected chi connectivity index (χ2v) is 11.1. The summed E-state index contributed by atoms with van der Waals surface area (Å²) >= 11 is 0. The van der Waals surface area contributed by atoms with E-state index in [4.69, 9.17) is 9.47 Å². The largest absolute Gasteiger partial charge is 0.457 e. The third-order valence-electron chi connectivity index (χ3n) is 6.03. The Morgan fingerprint density at radius 3 is 1.19 bits per heavy atom. The van der Waals surface area contributed by atoms with Crippen LogP contribution in [-0.4, -0.2) is 5.78 Å². The van der Waals surface area contributed by atoms with Crippen LogP contribution in [0.3, 0.4) is 0 Å². The minimum atomic E-state index is -0.386. The lowest BCUT2D eigenvalue weighted by atomic mass is 9.86. The molecular weight excluding hydrogens is 444 g/mol. The summed E-state index contributed by atoms with van der Waals surface area (Å²) < 4.78 is 12.0. The van der Waals surface area contributed by atoms with E-state index in [2.05, 4.69) is 32.9 Å². The molecule has 4 rings (SSSR count). The molecule has 0 aliphatic carbocycles. The van der Waals surface area contributed by atoms with E-state index < -0.39 is 0 Å². The summed E-state index contributed by atoms with van der Waals surface area (Å²) in [6.07, 6.45) is 0. The lowest BCUT2D eigenvalue weighted by molar-refractivity contribution is 0.0858. The van der Waals surface area contributed by atoms with E-state index in [1.54, 1.807) is 0 Å². The summed E-state index contributed by atoms with van der Waals surface area (Å²) in [6.45, 7) is 12.4. The fourth-order valence-corrected chi connectivity index (χ4v) is 3.83. The SMILES string of the molecule is CC(C)(C)C(=O)c1ccc(-c2ccc(Oc3ccc(Oc4ccc(C(C)(C)C)cc4)cc3)cc2)cc1. The van der Waals surface area contributed by atoms with Crippen molar-refractivity contribution in [3.8, 4) is 34.1 Å². The molecule has 0 heterocycles. The fourth-order valence-electron chi connectivity index (χ4n) is 3.83. The van der Waals surface area contributed by atoms with Gasteiger partial charge in [0.15, 0.2) is 5.78 Å². The molecule has 0 saturated carbocycles. The number of ether oxygens (including phenoxy) is 2. The molecule has 0 unspecified atom stereocenters. The lowest BCUT2D eigenvalue weighted by Gasteiger charge is -2.19. The smallest absolute Gasteiger partial charge is 0.168 e. The van der Waals surface area contributed by atoms with Gasteiger partial charge in [0.2, 0.25) is 0 Å². The molecule has 0 aromatic heterocycles. The zero-order chi connectivity index (χ0) is 25.9. The molecule has 0 aliphatic heterocycles. The van der Waals surface area contributed by atoms with Gasteiger partial charge in [-0.2, -0.15) is 0 Å². The van der Waals surface area contributed by atoms with Crippen LogP contribution in [0.15, 0.2) is 97.1 Å². The predicted molar refractivity (Wildman–Crippen MR) is 147 cm³/mol. The average molecular weight is 479 g/mol. The molecule has 0 saturated heterocycles. The van der Waals surface area contributed by atoms with E-state index in [-0.39, 0.29) is 16.6 Å². The van der Waals surface area contributed by atoms with Crippen molar-refractivity contribution in [2.45, 2.75) is 47.0 Å². The van der Waals surface area contributed by atoms with Gasteiger partial charge in [0.25, 0.3) is 0 Å². The molecule has 0 fully saturated rings. The van der Waals surface area contributed by atoms with E-state index in [9.17, 15) is 4.79 Å². The molecule has 4 aromatic carbocycles. The molecule has 0 aliphatic rings. The van der Waals surface area contributed by atoms with E-state index in [1.165, 1.54) is 5.56 Å². The Morgan fingerprint density at radius 1 is 0.500 bits per heavy atom. The van der Waals surface area contributed by atoms with E-state index >= 15 is 0 Å². The first-order chi connectivity index (χ1) is 17.0. The summed E-state index contributed by atoms with van der Waals surface area (Å²) in [6, 6.07) is 31.6. The molecule has 0 amide bonds. The monoisotopic (exact) mass is 478 g/mol. The molecular formula is C33H34O3. The third kappa shape index (κ3) is 6.23. The molecule has 36 heavy (non-hydrogen) atoms. The standard InChI is InChI=1S/C33H34O3/c1-32(2,3)26-13-17-28(18-14-26)36-30-21-19-29(20-22-30)35-27-15-11-24(12-16-27)23-7-9-25(10-8-23)31(34)33(4,5)6/h7-22H,1-6H3. The number of benzene rings is 4. The highest BCUT2D eigenvalue weighted by Crippen LogP contribution is 2.30. The average Bonchev–Trinajstić information content (AvgIpc) is 2.85. The van der Waals surface area contributed by atoms with Crippen molar-refractivity contribution in [1.82, 2.24) is 0 Å². The Bertz CT molecular complexity index is 1300. The number of ketones is 1. The van der Waals surface area contributed by atoms with Crippen LogP contribution in [0, 0.1) is 5.41 Å². The Morgan fingerprint density at radius 2 is 0.833 bits per heavy atom. The van der Waals surface area contributed by atoms with Crippen molar-refractivity contribution < 1.29 is 14.3 Å². The Kier molecular flexibility index (Phi) is 7.03. The first-order valence-electron chi connectivity index (χ1n) is 12.3. The summed E-state index contributed by atoms with van der Waals surface area (Å²) in [7, 11) is 0. The number of rotatable bonds is 6. The first kappa shape index (κ1) is 25.2. The maximum atomic E-state index is 12.5. The first-order valence-corrected chi connectivity index (χ1v) is 12.3. The zero-order valence-corrected chi connectivity index (χ0v) is 22.0. The highest BCUT2D eigenvalue weighted by Gasteiger charge is 2.22. The molecule has 0 spiro atoms. The van der Waals surface area contributed by atoms with Crippen LogP contribution < -0.4 is 9.47 Å². The topological polar surface area (TPSA) is 35.5 Å². The van der Waals surface area contributed by atoms with Gasteiger partial charge < -0.3 is 9.47 Å². The van der Waals surface area contributed by atoms with Crippen molar-refractivity contribution >= 4 is 5.78 Å². The second-order valence-electron chi connectivity index (χ2n) is 11.1. The van der Waals surface area contributed by atoms with Gasteiger partial charge in [-0.25, -0.2) is 0 Å². The summed E-state index contributed by atoms with van der Waals surface area (Å²) in [4.78, 5) is 12.5. The highest BCUT2D eigenvalue weighted by molar-refractivity contribution is 6.00. The van der Waals surface area contributed by atoms with E-state index in [1.807, 2.05) is 106 Å². The van der Waals surface area contributed by atoms with Crippen LogP contribution >= 0.6 is 0 Å². The summed E-state index contributed by atoms with van der Waals surface area (Å²) in [5, 5.41) is 0. The number of carbonyl (C=O) groups excluding carboxylic acids is 1. The lowest BCUT2D eigenvalue weighted by Crippen LogP contribution is -2.19. The molecule has 0 bridgehead atoms. The number of hydrogen-bond acceptors (Lipinski definition) is 3. The highest BCUT2D eigenvalue weighted by atomic mass is 16.5. The zero-order valence-electron chi connectivity index (χ0n) is 22.0. The molecule has 0 N–H and O–H groups in total. The van der Waals surface area contributed by atoms with E-state index in [0.717, 1.165) is 39.7 Å². The van der Waals surface area contributed by atoms with Gasteiger partial charge in [-0.3, -0.25) is 4.79 Å². The molecule has 0 atom stereocenters. The summed E-state index contributed by atoms with van der Waals surface area (Å²) in [5.74, 6) is 3.21. The Hall–Kier alpha value is -3.85. The van der Waals surface area contributed by atoms with Crippen molar-refractivity contribution in [2.75, 3.05) is 0 Å². The van der Waals surface area contributed by atoms with Crippen LogP contribution in [-0.2, 0) is 5.41 Å².